The van der Waals surface area contributed by atoms with E-state index in [-0.39, 0.29) is 37.3 Å². The molecule has 7 nitrogen and oxygen atoms in total. The van der Waals surface area contributed by atoms with Gasteiger partial charge in [-0.1, -0.05) is 0 Å². The summed E-state index contributed by atoms with van der Waals surface area (Å²) in [6, 6.07) is 2.63. The first kappa shape index (κ1) is 21.1. The predicted octanol–water partition coefficient (Wildman–Crippen LogP) is 1.53. The van der Waals surface area contributed by atoms with E-state index in [1.165, 1.54) is 4.90 Å². The van der Waals surface area contributed by atoms with Gasteiger partial charge in [0, 0.05) is 19.2 Å². The Morgan fingerprint density at radius 3 is 2.37 bits per heavy atom. The van der Waals surface area contributed by atoms with Crippen LogP contribution in [-0.4, -0.2) is 57.7 Å². The highest BCUT2D eigenvalue weighted by molar-refractivity contribution is 7.92. The van der Waals surface area contributed by atoms with Crippen LogP contribution in [0, 0.1) is 17.6 Å². The Balaban J connectivity index is 2.07. The lowest BCUT2D eigenvalue weighted by Gasteiger charge is -2.32. The third-order valence-corrected chi connectivity index (χ3v) is 5.48. The zero-order valence-electron chi connectivity index (χ0n) is 15.2. The lowest BCUT2D eigenvalue weighted by molar-refractivity contribution is -0.151. The van der Waals surface area contributed by atoms with E-state index in [9.17, 15) is 26.8 Å². The second-order valence-corrected chi connectivity index (χ2v) is 8.18. The lowest BCUT2D eigenvalue weighted by atomic mass is 9.97. The Bertz CT molecular complexity index is 808. The van der Waals surface area contributed by atoms with Gasteiger partial charge in [0.25, 0.3) is 0 Å². The number of esters is 1. The van der Waals surface area contributed by atoms with Crippen molar-refractivity contribution in [1.29, 1.82) is 0 Å². The average molecular weight is 404 g/mol. The highest BCUT2D eigenvalue weighted by atomic mass is 32.2. The van der Waals surface area contributed by atoms with Crippen LogP contribution in [-0.2, 0) is 24.3 Å². The number of halogens is 2. The van der Waals surface area contributed by atoms with Crippen LogP contribution in [0.15, 0.2) is 18.2 Å². The molecule has 0 atom stereocenters. The molecular formula is C17H22F2N2O5S. The zero-order valence-corrected chi connectivity index (χ0v) is 16.0. The van der Waals surface area contributed by atoms with Crippen molar-refractivity contribution in [3.63, 3.8) is 0 Å². The van der Waals surface area contributed by atoms with Crippen LogP contribution in [0.2, 0.25) is 0 Å². The van der Waals surface area contributed by atoms with Crippen molar-refractivity contribution < 1.29 is 31.5 Å². The summed E-state index contributed by atoms with van der Waals surface area (Å²) in [6.07, 6.45) is 1.73. The van der Waals surface area contributed by atoms with Crippen LogP contribution in [0.3, 0.4) is 0 Å². The summed E-state index contributed by atoms with van der Waals surface area (Å²) in [5.41, 5.74) is -0.133. The van der Waals surface area contributed by atoms with Gasteiger partial charge in [-0.3, -0.25) is 13.9 Å². The number of amides is 1. The summed E-state index contributed by atoms with van der Waals surface area (Å²) in [7, 11) is -3.89. The van der Waals surface area contributed by atoms with E-state index in [1.807, 2.05) is 0 Å². The number of sulfonamides is 1. The highest BCUT2D eigenvalue weighted by Gasteiger charge is 2.30. The van der Waals surface area contributed by atoms with E-state index in [0.29, 0.717) is 12.8 Å². The van der Waals surface area contributed by atoms with E-state index in [1.54, 1.807) is 6.92 Å². The largest absolute Gasteiger partial charge is 0.466 e. The number of anilines is 1. The summed E-state index contributed by atoms with van der Waals surface area (Å²) in [5, 5.41) is 0. The Labute approximate surface area is 156 Å². The molecule has 1 aromatic carbocycles. The maximum Gasteiger partial charge on any atom is 0.309 e. The smallest absolute Gasteiger partial charge is 0.309 e. The minimum absolute atomic E-state index is 0.133. The van der Waals surface area contributed by atoms with Crippen molar-refractivity contribution in [1.82, 2.24) is 4.90 Å². The summed E-state index contributed by atoms with van der Waals surface area (Å²) < 4.78 is 56.4. The minimum atomic E-state index is -3.89. The number of rotatable bonds is 6. The minimum Gasteiger partial charge on any atom is -0.466 e. The number of carbonyl (C=O) groups is 2. The fraction of sp³-hybridized carbons (Fsp3) is 0.529. The second-order valence-electron chi connectivity index (χ2n) is 6.28. The van der Waals surface area contributed by atoms with Gasteiger partial charge in [0.05, 0.1) is 24.5 Å². The van der Waals surface area contributed by atoms with E-state index in [2.05, 4.69) is 0 Å². The summed E-state index contributed by atoms with van der Waals surface area (Å²) in [4.78, 5) is 25.7. The van der Waals surface area contributed by atoms with Gasteiger partial charge in [-0.15, -0.1) is 0 Å². The molecule has 0 spiro atoms. The van der Waals surface area contributed by atoms with Gasteiger partial charge >= 0.3 is 5.97 Å². The summed E-state index contributed by atoms with van der Waals surface area (Å²) >= 11 is 0. The first-order chi connectivity index (χ1) is 12.6. The molecule has 0 bridgehead atoms. The summed E-state index contributed by atoms with van der Waals surface area (Å²) in [5.74, 6) is -3.38. The molecule has 2 rings (SSSR count). The molecule has 1 amide bonds. The van der Waals surface area contributed by atoms with Crippen LogP contribution in [0.25, 0.3) is 0 Å². The number of benzene rings is 1. The normalized spacial score (nSPS) is 15.5. The fourth-order valence-electron chi connectivity index (χ4n) is 2.89. The molecular weight excluding hydrogens is 382 g/mol. The van der Waals surface area contributed by atoms with E-state index < -0.39 is 34.1 Å². The third-order valence-electron chi connectivity index (χ3n) is 4.34. The second kappa shape index (κ2) is 8.64. The Kier molecular flexibility index (Phi) is 6.74. The Morgan fingerprint density at radius 1 is 1.22 bits per heavy atom. The first-order valence-corrected chi connectivity index (χ1v) is 10.4. The molecule has 1 heterocycles. The Hall–Kier alpha value is -2.23. The average Bonchev–Trinajstić information content (AvgIpc) is 2.61. The van der Waals surface area contributed by atoms with Crippen LogP contribution in [0.1, 0.15) is 19.8 Å². The van der Waals surface area contributed by atoms with Gasteiger partial charge in [-0.25, -0.2) is 17.2 Å². The molecule has 0 unspecified atom stereocenters. The molecule has 0 aromatic heterocycles. The van der Waals surface area contributed by atoms with Gasteiger partial charge in [0.15, 0.2) is 11.6 Å². The molecule has 0 saturated carbocycles. The number of carbonyl (C=O) groups excluding carboxylic acids is 2. The number of nitrogens with zero attached hydrogens (tertiary/aromatic N) is 2. The molecule has 1 aliphatic rings. The van der Waals surface area contributed by atoms with E-state index in [4.69, 9.17) is 4.74 Å². The molecule has 27 heavy (non-hydrogen) atoms. The SMILES string of the molecule is CCOC(=O)C1CCN(C(=O)CN(c2ccc(F)c(F)c2)S(C)(=O)=O)CC1. The van der Waals surface area contributed by atoms with Gasteiger partial charge in [0.2, 0.25) is 15.9 Å². The van der Waals surface area contributed by atoms with Gasteiger partial charge in [-0.05, 0) is 31.9 Å². The maximum absolute atomic E-state index is 13.5. The van der Waals surface area contributed by atoms with Crippen molar-refractivity contribution in [3.8, 4) is 0 Å². The van der Waals surface area contributed by atoms with Crippen LogP contribution >= 0.6 is 0 Å². The van der Waals surface area contributed by atoms with Crippen LogP contribution < -0.4 is 4.31 Å². The highest BCUT2D eigenvalue weighted by Crippen LogP contribution is 2.22. The standard InChI is InChI=1S/C17H22F2N2O5S/c1-3-26-17(23)12-6-8-20(9-7-12)16(22)11-21(27(2,24)25)13-4-5-14(18)15(19)10-13/h4-5,10,12H,3,6-9,11H2,1-2H3. The van der Waals surface area contributed by atoms with Gasteiger partial charge in [0.1, 0.15) is 6.54 Å². The molecule has 150 valence electrons. The molecule has 1 aromatic rings. The fourth-order valence-corrected chi connectivity index (χ4v) is 3.73. The molecule has 10 heteroatoms. The van der Waals surface area contributed by atoms with E-state index in [0.717, 1.165) is 28.8 Å². The van der Waals surface area contributed by atoms with Gasteiger partial charge < -0.3 is 9.64 Å². The van der Waals surface area contributed by atoms with Crippen molar-refractivity contribution in [2.24, 2.45) is 5.92 Å². The number of hydrogen-bond donors (Lipinski definition) is 0. The molecule has 1 aliphatic heterocycles. The Morgan fingerprint density at radius 2 is 1.85 bits per heavy atom. The monoisotopic (exact) mass is 404 g/mol. The quantitative estimate of drug-likeness (QED) is 0.672. The summed E-state index contributed by atoms with van der Waals surface area (Å²) in [6.45, 7) is 2.05. The number of ether oxygens (including phenoxy) is 1. The topological polar surface area (TPSA) is 84.0 Å². The number of likely N-dealkylation sites (tertiary alicyclic amines) is 1. The number of hydrogen-bond acceptors (Lipinski definition) is 5. The van der Waals surface area contributed by atoms with Crippen LogP contribution in [0.4, 0.5) is 14.5 Å². The number of piperidine rings is 1. The molecule has 0 radical (unpaired) electrons. The van der Waals surface area contributed by atoms with Crippen molar-refractivity contribution >= 4 is 27.6 Å². The third kappa shape index (κ3) is 5.38. The lowest BCUT2D eigenvalue weighted by Crippen LogP contribution is -2.46. The molecule has 0 N–H and O–H groups in total. The molecule has 1 fully saturated rings. The van der Waals surface area contributed by atoms with E-state index >= 15 is 0 Å². The van der Waals surface area contributed by atoms with Gasteiger partial charge in [-0.2, -0.15) is 0 Å². The van der Waals surface area contributed by atoms with Crippen molar-refractivity contribution in [2.75, 3.05) is 36.8 Å². The van der Waals surface area contributed by atoms with Crippen LogP contribution in [0.5, 0.6) is 0 Å². The predicted molar refractivity (Wildman–Crippen MR) is 94.5 cm³/mol. The zero-order chi connectivity index (χ0) is 20.2. The molecule has 0 aliphatic carbocycles. The van der Waals surface area contributed by atoms with Crippen molar-refractivity contribution in [2.45, 2.75) is 19.8 Å². The van der Waals surface area contributed by atoms with Crippen molar-refractivity contribution in [3.05, 3.63) is 29.8 Å². The first-order valence-electron chi connectivity index (χ1n) is 8.50. The molecule has 1 saturated heterocycles. The maximum atomic E-state index is 13.5.